The van der Waals surface area contributed by atoms with E-state index in [1.165, 1.54) is 12.7 Å². The van der Waals surface area contributed by atoms with E-state index >= 15 is 0 Å². The Morgan fingerprint density at radius 2 is 1.84 bits per heavy atom. The van der Waals surface area contributed by atoms with Crippen molar-refractivity contribution in [2.75, 3.05) is 10.6 Å². The molecule has 25 heavy (non-hydrogen) atoms. The molecule has 1 saturated carbocycles. The van der Waals surface area contributed by atoms with Gasteiger partial charge >= 0.3 is 5.69 Å². The van der Waals surface area contributed by atoms with E-state index in [9.17, 15) is 10.1 Å². The van der Waals surface area contributed by atoms with E-state index in [0.717, 1.165) is 42.5 Å². The SMILES string of the molecule is Cc1ccc(Nc2ncnc(NC3CCCCC3)c2[N+](=O)[O-])c(C)c1. The second kappa shape index (κ2) is 7.46. The number of nitrogens with zero attached hydrogens (tertiary/aromatic N) is 3. The number of benzene rings is 1. The summed E-state index contributed by atoms with van der Waals surface area (Å²) < 4.78 is 0. The standard InChI is InChI=1S/C18H23N5O2/c1-12-8-9-15(13(2)10-12)22-18-16(23(24)25)17(19-11-20-18)21-14-6-4-3-5-7-14/h8-11,14H,3-7H2,1-2H3,(H2,19,20,21,22). The van der Waals surface area contributed by atoms with Crippen LogP contribution in [0.1, 0.15) is 43.2 Å². The molecule has 1 aliphatic rings. The zero-order valence-corrected chi connectivity index (χ0v) is 14.6. The molecule has 1 fully saturated rings. The first-order chi connectivity index (χ1) is 12.0. The average molecular weight is 341 g/mol. The normalized spacial score (nSPS) is 15.0. The third kappa shape index (κ3) is 4.04. The maximum atomic E-state index is 11.7. The Bertz CT molecular complexity index is 772. The van der Waals surface area contributed by atoms with Crippen molar-refractivity contribution in [1.29, 1.82) is 0 Å². The second-order valence-electron chi connectivity index (χ2n) is 6.60. The molecule has 0 radical (unpaired) electrons. The number of anilines is 3. The number of nitrogens with one attached hydrogen (secondary N) is 2. The zero-order valence-electron chi connectivity index (χ0n) is 14.6. The first kappa shape index (κ1) is 17.1. The zero-order chi connectivity index (χ0) is 17.8. The van der Waals surface area contributed by atoms with E-state index in [4.69, 9.17) is 0 Å². The predicted molar refractivity (Wildman–Crippen MR) is 98.4 cm³/mol. The molecule has 1 aliphatic carbocycles. The van der Waals surface area contributed by atoms with E-state index in [1.54, 1.807) is 0 Å². The van der Waals surface area contributed by atoms with Gasteiger partial charge in [0, 0.05) is 11.7 Å². The van der Waals surface area contributed by atoms with E-state index < -0.39 is 4.92 Å². The van der Waals surface area contributed by atoms with Crippen LogP contribution in [0.2, 0.25) is 0 Å². The van der Waals surface area contributed by atoms with Gasteiger partial charge in [0.05, 0.1) is 4.92 Å². The molecule has 2 N–H and O–H groups in total. The monoisotopic (exact) mass is 341 g/mol. The summed E-state index contributed by atoms with van der Waals surface area (Å²) >= 11 is 0. The number of aryl methyl sites for hydroxylation is 2. The maximum absolute atomic E-state index is 11.7. The lowest BCUT2D eigenvalue weighted by atomic mass is 9.95. The lowest BCUT2D eigenvalue weighted by Crippen LogP contribution is -2.23. The van der Waals surface area contributed by atoms with Gasteiger partial charge in [0.25, 0.3) is 0 Å². The molecule has 0 bridgehead atoms. The highest BCUT2D eigenvalue weighted by atomic mass is 16.6. The molecule has 0 amide bonds. The van der Waals surface area contributed by atoms with Gasteiger partial charge in [-0.25, -0.2) is 9.97 Å². The average Bonchev–Trinajstić information content (AvgIpc) is 2.58. The van der Waals surface area contributed by atoms with Crippen molar-refractivity contribution in [1.82, 2.24) is 9.97 Å². The van der Waals surface area contributed by atoms with E-state index in [2.05, 4.69) is 20.6 Å². The third-order valence-electron chi connectivity index (χ3n) is 4.59. The van der Waals surface area contributed by atoms with E-state index in [1.807, 2.05) is 32.0 Å². The number of hydrogen-bond donors (Lipinski definition) is 2. The van der Waals surface area contributed by atoms with E-state index in [0.29, 0.717) is 5.82 Å². The summed E-state index contributed by atoms with van der Waals surface area (Å²) in [5, 5.41) is 18.0. The van der Waals surface area contributed by atoms with Crippen LogP contribution in [0.5, 0.6) is 0 Å². The molecule has 2 aromatic rings. The Morgan fingerprint density at radius 1 is 1.12 bits per heavy atom. The molecular weight excluding hydrogens is 318 g/mol. The van der Waals surface area contributed by atoms with Gasteiger partial charge in [-0.05, 0) is 38.3 Å². The molecule has 0 atom stereocenters. The first-order valence-corrected chi connectivity index (χ1v) is 8.65. The summed E-state index contributed by atoms with van der Waals surface area (Å²) in [6.07, 6.45) is 6.91. The quantitative estimate of drug-likeness (QED) is 0.615. The van der Waals surface area contributed by atoms with Crippen LogP contribution in [0.25, 0.3) is 0 Å². The van der Waals surface area contributed by atoms with Crippen molar-refractivity contribution in [3.05, 3.63) is 45.8 Å². The van der Waals surface area contributed by atoms with E-state index in [-0.39, 0.29) is 17.5 Å². The van der Waals surface area contributed by atoms with Crippen molar-refractivity contribution in [3.63, 3.8) is 0 Å². The highest BCUT2D eigenvalue weighted by molar-refractivity contribution is 5.75. The molecule has 0 saturated heterocycles. The predicted octanol–water partition coefficient (Wildman–Crippen LogP) is 4.49. The van der Waals surface area contributed by atoms with Crippen LogP contribution >= 0.6 is 0 Å². The smallest absolute Gasteiger partial charge is 0.353 e. The summed E-state index contributed by atoms with van der Waals surface area (Å²) in [6, 6.07) is 6.13. The van der Waals surface area contributed by atoms with Crippen LogP contribution in [0.4, 0.5) is 23.0 Å². The summed E-state index contributed by atoms with van der Waals surface area (Å²) in [7, 11) is 0. The van der Waals surface area contributed by atoms with Gasteiger partial charge in [0.2, 0.25) is 11.6 Å². The summed E-state index contributed by atoms with van der Waals surface area (Å²) in [5.41, 5.74) is 2.85. The molecule has 1 heterocycles. The van der Waals surface area contributed by atoms with Crippen molar-refractivity contribution >= 4 is 23.0 Å². The van der Waals surface area contributed by atoms with Crippen LogP contribution in [0, 0.1) is 24.0 Å². The largest absolute Gasteiger partial charge is 0.361 e. The Morgan fingerprint density at radius 3 is 2.52 bits per heavy atom. The summed E-state index contributed by atoms with van der Waals surface area (Å²) in [4.78, 5) is 19.5. The number of rotatable bonds is 5. The molecule has 0 spiro atoms. The van der Waals surface area contributed by atoms with Crippen LogP contribution < -0.4 is 10.6 Å². The first-order valence-electron chi connectivity index (χ1n) is 8.65. The van der Waals surface area contributed by atoms with Gasteiger partial charge in [-0.1, -0.05) is 37.0 Å². The Labute approximate surface area is 147 Å². The van der Waals surface area contributed by atoms with Crippen molar-refractivity contribution < 1.29 is 4.92 Å². The minimum absolute atomic E-state index is 0.104. The lowest BCUT2D eigenvalue weighted by Gasteiger charge is -2.23. The highest BCUT2D eigenvalue weighted by Gasteiger charge is 2.25. The number of aromatic nitrogens is 2. The minimum Gasteiger partial charge on any atom is -0.361 e. The van der Waals surface area contributed by atoms with Crippen molar-refractivity contribution in [2.24, 2.45) is 0 Å². The van der Waals surface area contributed by atoms with Gasteiger partial charge in [-0.2, -0.15) is 0 Å². The number of nitro groups is 1. The molecule has 7 nitrogen and oxygen atoms in total. The third-order valence-corrected chi connectivity index (χ3v) is 4.59. The molecule has 3 rings (SSSR count). The van der Waals surface area contributed by atoms with Gasteiger partial charge in [-0.3, -0.25) is 10.1 Å². The highest BCUT2D eigenvalue weighted by Crippen LogP contribution is 2.33. The lowest BCUT2D eigenvalue weighted by molar-refractivity contribution is -0.383. The fourth-order valence-electron chi connectivity index (χ4n) is 3.27. The second-order valence-corrected chi connectivity index (χ2v) is 6.60. The van der Waals surface area contributed by atoms with Crippen LogP contribution in [-0.2, 0) is 0 Å². The van der Waals surface area contributed by atoms with Crippen LogP contribution in [0.3, 0.4) is 0 Å². The van der Waals surface area contributed by atoms with Gasteiger partial charge in [0.1, 0.15) is 6.33 Å². The molecule has 132 valence electrons. The molecule has 1 aromatic heterocycles. The minimum atomic E-state index is -0.420. The van der Waals surface area contributed by atoms with Gasteiger partial charge < -0.3 is 10.6 Å². The van der Waals surface area contributed by atoms with Gasteiger partial charge in [0.15, 0.2) is 0 Å². The topological polar surface area (TPSA) is 93.0 Å². The molecule has 0 aliphatic heterocycles. The molecule has 0 unspecified atom stereocenters. The van der Waals surface area contributed by atoms with Crippen LogP contribution in [-0.4, -0.2) is 20.9 Å². The Balaban J connectivity index is 1.90. The molecule has 1 aromatic carbocycles. The van der Waals surface area contributed by atoms with Crippen molar-refractivity contribution in [3.8, 4) is 0 Å². The fourth-order valence-corrected chi connectivity index (χ4v) is 3.27. The molecule has 7 heteroatoms. The van der Waals surface area contributed by atoms with Crippen molar-refractivity contribution in [2.45, 2.75) is 52.0 Å². The van der Waals surface area contributed by atoms with Gasteiger partial charge in [-0.15, -0.1) is 0 Å². The maximum Gasteiger partial charge on any atom is 0.353 e. The van der Waals surface area contributed by atoms with Crippen LogP contribution in [0.15, 0.2) is 24.5 Å². The number of hydrogen-bond acceptors (Lipinski definition) is 6. The summed E-state index contributed by atoms with van der Waals surface area (Å²) in [5.74, 6) is 0.504. The molecular formula is C18H23N5O2. The fraction of sp³-hybridized carbons (Fsp3) is 0.444. The Hall–Kier alpha value is -2.70. The Kier molecular flexibility index (Phi) is 5.11. The summed E-state index contributed by atoms with van der Waals surface area (Å²) in [6.45, 7) is 3.97.